The van der Waals surface area contributed by atoms with Gasteiger partial charge in [-0.1, -0.05) is 35.3 Å². The average molecular weight is 256 g/mol. The maximum absolute atomic E-state index is 11.0. The van der Waals surface area contributed by atoms with Crippen molar-refractivity contribution in [2.24, 2.45) is 0 Å². The molecule has 0 unspecified atom stereocenters. The fraction of sp³-hybridized carbons (Fsp3) is 0. The molecular weight excluding hydrogens is 249 g/mol. The van der Waals surface area contributed by atoms with Crippen molar-refractivity contribution in [2.75, 3.05) is 0 Å². The highest BCUT2D eigenvalue weighted by molar-refractivity contribution is 6.43. The zero-order chi connectivity index (χ0) is 11.7. The number of hydrogen-bond donors (Lipinski definition) is 2. The van der Waals surface area contributed by atoms with E-state index in [4.69, 9.17) is 28.3 Å². The molecule has 0 aliphatic rings. The van der Waals surface area contributed by atoms with Gasteiger partial charge in [-0.25, -0.2) is 4.79 Å². The minimum atomic E-state index is -1.01. The molecule has 0 aliphatic carbocycles. The van der Waals surface area contributed by atoms with Crippen molar-refractivity contribution in [2.45, 2.75) is 0 Å². The number of nitrogens with one attached hydrogen (secondary N) is 1. The SMILES string of the molecule is O=C(O)c1cc[nH]c1-c1cccc(Cl)c1Cl. The number of rotatable bonds is 2. The number of aromatic nitrogens is 1. The molecule has 16 heavy (non-hydrogen) atoms. The number of H-pyrrole nitrogens is 1. The van der Waals surface area contributed by atoms with Crippen molar-refractivity contribution in [1.82, 2.24) is 4.98 Å². The van der Waals surface area contributed by atoms with Crippen LogP contribution >= 0.6 is 23.2 Å². The summed E-state index contributed by atoms with van der Waals surface area (Å²) >= 11 is 11.9. The van der Waals surface area contributed by atoms with Gasteiger partial charge in [0.1, 0.15) is 0 Å². The predicted octanol–water partition coefficient (Wildman–Crippen LogP) is 3.69. The second-order valence-corrected chi connectivity index (χ2v) is 3.96. The van der Waals surface area contributed by atoms with Crippen LogP contribution in [0.4, 0.5) is 0 Å². The van der Waals surface area contributed by atoms with Gasteiger partial charge in [0.25, 0.3) is 0 Å². The molecule has 1 aromatic heterocycles. The highest BCUT2D eigenvalue weighted by Gasteiger charge is 2.15. The molecule has 1 heterocycles. The van der Waals surface area contributed by atoms with Crippen LogP contribution < -0.4 is 0 Å². The molecule has 0 saturated carbocycles. The first-order valence-corrected chi connectivity index (χ1v) is 5.22. The first-order chi connectivity index (χ1) is 7.61. The van der Waals surface area contributed by atoms with Gasteiger partial charge >= 0.3 is 5.97 Å². The van der Waals surface area contributed by atoms with Gasteiger partial charge in [0.05, 0.1) is 21.3 Å². The molecule has 2 aromatic rings. The smallest absolute Gasteiger partial charge is 0.337 e. The molecule has 0 saturated heterocycles. The number of hydrogen-bond acceptors (Lipinski definition) is 1. The van der Waals surface area contributed by atoms with E-state index in [9.17, 15) is 4.79 Å². The van der Waals surface area contributed by atoms with E-state index in [1.54, 1.807) is 24.4 Å². The molecule has 0 spiro atoms. The Bertz CT molecular complexity index is 549. The summed E-state index contributed by atoms with van der Waals surface area (Å²) in [5.74, 6) is -1.01. The molecule has 0 amide bonds. The maximum Gasteiger partial charge on any atom is 0.337 e. The molecule has 5 heteroatoms. The summed E-state index contributed by atoms with van der Waals surface area (Å²) in [5.41, 5.74) is 1.21. The van der Waals surface area contributed by atoms with Gasteiger partial charge in [-0.2, -0.15) is 0 Å². The average Bonchev–Trinajstić information content (AvgIpc) is 2.70. The van der Waals surface area contributed by atoms with Crippen LogP contribution in [-0.2, 0) is 0 Å². The van der Waals surface area contributed by atoms with Gasteiger partial charge in [-0.3, -0.25) is 0 Å². The molecule has 1 aromatic carbocycles. The lowest BCUT2D eigenvalue weighted by Gasteiger charge is -2.05. The van der Waals surface area contributed by atoms with E-state index in [0.717, 1.165) is 0 Å². The lowest BCUT2D eigenvalue weighted by Crippen LogP contribution is -1.97. The van der Waals surface area contributed by atoms with Crippen molar-refractivity contribution in [1.29, 1.82) is 0 Å². The van der Waals surface area contributed by atoms with Crippen molar-refractivity contribution in [3.05, 3.63) is 46.1 Å². The molecular formula is C11H7Cl2NO2. The number of benzene rings is 1. The standard InChI is InChI=1S/C11H7Cl2NO2/c12-8-3-1-2-6(9(8)13)10-7(11(15)16)4-5-14-10/h1-5,14H,(H,15,16). The largest absolute Gasteiger partial charge is 0.478 e. The van der Waals surface area contributed by atoms with Gasteiger partial charge < -0.3 is 10.1 Å². The lowest BCUT2D eigenvalue weighted by molar-refractivity contribution is 0.0698. The topological polar surface area (TPSA) is 53.1 Å². The maximum atomic E-state index is 11.0. The Balaban J connectivity index is 2.63. The minimum Gasteiger partial charge on any atom is -0.478 e. The molecule has 3 nitrogen and oxygen atoms in total. The van der Waals surface area contributed by atoms with Gasteiger partial charge in [0, 0.05) is 11.8 Å². The monoisotopic (exact) mass is 255 g/mol. The van der Waals surface area contributed by atoms with E-state index in [0.29, 0.717) is 21.3 Å². The quantitative estimate of drug-likeness (QED) is 0.860. The second-order valence-electron chi connectivity index (χ2n) is 3.17. The van der Waals surface area contributed by atoms with Gasteiger partial charge in [-0.05, 0) is 12.1 Å². The summed E-state index contributed by atoms with van der Waals surface area (Å²) in [6.45, 7) is 0. The fourth-order valence-corrected chi connectivity index (χ4v) is 1.86. The summed E-state index contributed by atoms with van der Waals surface area (Å²) in [5, 5.41) is 9.72. The van der Waals surface area contributed by atoms with Crippen LogP contribution in [0.3, 0.4) is 0 Å². The Labute approximate surface area is 102 Å². The van der Waals surface area contributed by atoms with E-state index in [1.165, 1.54) is 6.07 Å². The van der Waals surface area contributed by atoms with Crippen molar-refractivity contribution < 1.29 is 9.90 Å². The van der Waals surface area contributed by atoms with Crippen LogP contribution in [-0.4, -0.2) is 16.1 Å². The zero-order valence-corrected chi connectivity index (χ0v) is 9.51. The van der Waals surface area contributed by atoms with E-state index in [1.807, 2.05) is 0 Å². The van der Waals surface area contributed by atoms with Gasteiger partial charge in [0.15, 0.2) is 0 Å². The number of halogens is 2. The third kappa shape index (κ3) is 1.79. The summed E-state index contributed by atoms with van der Waals surface area (Å²) in [7, 11) is 0. The summed E-state index contributed by atoms with van der Waals surface area (Å²) in [4.78, 5) is 13.8. The van der Waals surface area contributed by atoms with Gasteiger partial charge in [-0.15, -0.1) is 0 Å². The van der Waals surface area contributed by atoms with Crippen LogP contribution in [0.5, 0.6) is 0 Å². The van der Waals surface area contributed by atoms with Crippen molar-refractivity contribution in [3.8, 4) is 11.3 Å². The van der Waals surface area contributed by atoms with Crippen molar-refractivity contribution in [3.63, 3.8) is 0 Å². The zero-order valence-electron chi connectivity index (χ0n) is 8.00. The first kappa shape index (κ1) is 11.0. The number of aromatic carboxylic acids is 1. The van der Waals surface area contributed by atoms with Crippen LogP contribution in [0.1, 0.15) is 10.4 Å². The molecule has 0 fully saturated rings. The van der Waals surface area contributed by atoms with E-state index in [-0.39, 0.29) is 5.56 Å². The van der Waals surface area contributed by atoms with E-state index >= 15 is 0 Å². The number of aromatic amines is 1. The third-order valence-corrected chi connectivity index (χ3v) is 3.02. The highest BCUT2D eigenvalue weighted by Crippen LogP contribution is 2.34. The molecule has 2 rings (SSSR count). The normalized spacial score (nSPS) is 10.4. The minimum absolute atomic E-state index is 0.171. The Morgan fingerprint density at radius 2 is 2.00 bits per heavy atom. The molecule has 0 aliphatic heterocycles. The second kappa shape index (κ2) is 4.20. The Kier molecular flexibility index (Phi) is 2.90. The fourth-order valence-electron chi connectivity index (χ4n) is 1.47. The molecule has 2 N–H and O–H groups in total. The van der Waals surface area contributed by atoms with Crippen LogP contribution in [0.25, 0.3) is 11.3 Å². The van der Waals surface area contributed by atoms with Gasteiger partial charge in [0.2, 0.25) is 0 Å². The molecule has 0 atom stereocenters. The van der Waals surface area contributed by atoms with E-state index in [2.05, 4.69) is 4.98 Å². The predicted molar refractivity (Wildman–Crippen MR) is 63.2 cm³/mol. The summed E-state index contributed by atoms with van der Waals surface area (Å²) < 4.78 is 0. The van der Waals surface area contributed by atoms with Crippen LogP contribution in [0.2, 0.25) is 10.0 Å². The third-order valence-electron chi connectivity index (χ3n) is 2.20. The lowest BCUT2D eigenvalue weighted by atomic mass is 10.1. The van der Waals surface area contributed by atoms with Crippen molar-refractivity contribution >= 4 is 29.2 Å². The molecule has 0 radical (unpaired) electrons. The Hall–Kier alpha value is -1.45. The summed E-state index contributed by atoms with van der Waals surface area (Å²) in [6.07, 6.45) is 1.55. The summed E-state index contributed by atoms with van der Waals surface area (Å²) in [6, 6.07) is 6.56. The molecule has 0 bridgehead atoms. The number of carbonyl (C=O) groups is 1. The Morgan fingerprint density at radius 1 is 1.25 bits per heavy atom. The molecule has 82 valence electrons. The van der Waals surface area contributed by atoms with E-state index < -0.39 is 5.97 Å². The Morgan fingerprint density at radius 3 is 2.69 bits per heavy atom. The first-order valence-electron chi connectivity index (χ1n) is 4.46. The highest BCUT2D eigenvalue weighted by atomic mass is 35.5. The number of carboxylic acids is 1. The number of carboxylic acid groups (broad SMARTS) is 1. The van der Waals surface area contributed by atoms with Crippen LogP contribution in [0.15, 0.2) is 30.5 Å². The van der Waals surface area contributed by atoms with Crippen LogP contribution in [0, 0.1) is 0 Å².